The van der Waals surface area contributed by atoms with Crippen molar-refractivity contribution in [2.24, 2.45) is 11.8 Å². The lowest BCUT2D eigenvalue weighted by Gasteiger charge is -2.29. The molecule has 2 atom stereocenters. The van der Waals surface area contributed by atoms with Gasteiger partial charge in [0.15, 0.2) is 0 Å². The molecule has 0 spiro atoms. The Morgan fingerprint density at radius 1 is 1.56 bits per heavy atom. The van der Waals surface area contributed by atoms with Crippen molar-refractivity contribution in [2.75, 3.05) is 13.1 Å². The van der Waals surface area contributed by atoms with Crippen molar-refractivity contribution in [3.05, 3.63) is 11.9 Å². The molecule has 1 aromatic heterocycles. The van der Waals surface area contributed by atoms with Gasteiger partial charge in [0.1, 0.15) is 0 Å². The molecule has 1 aliphatic heterocycles. The van der Waals surface area contributed by atoms with Gasteiger partial charge < -0.3 is 5.32 Å². The summed E-state index contributed by atoms with van der Waals surface area (Å²) in [6, 6.07) is 0. The van der Waals surface area contributed by atoms with Crippen molar-refractivity contribution >= 4 is 0 Å². The smallest absolute Gasteiger partial charge is 0.0725 e. The van der Waals surface area contributed by atoms with Crippen molar-refractivity contribution in [2.45, 2.75) is 39.7 Å². The summed E-state index contributed by atoms with van der Waals surface area (Å²) in [5.41, 5.74) is 1.29. The predicted molar refractivity (Wildman–Crippen MR) is 64.2 cm³/mol. The second kappa shape index (κ2) is 5.43. The SMILES string of the molecule is CCCn1nncc1CC1CNCCC1C. The van der Waals surface area contributed by atoms with E-state index >= 15 is 0 Å². The van der Waals surface area contributed by atoms with E-state index in [1.807, 2.05) is 6.20 Å². The van der Waals surface area contributed by atoms with Gasteiger partial charge in [-0.2, -0.15) is 0 Å². The van der Waals surface area contributed by atoms with Gasteiger partial charge in [-0.25, -0.2) is 4.68 Å². The third kappa shape index (κ3) is 2.61. The Balaban J connectivity index is 1.99. The van der Waals surface area contributed by atoms with E-state index < -0.39 is 0 Å². The Morgan fingerprint density at radius 3 is 3.19 bits per heavy atom. The fraction of sp³-hybridized carbons (Fsp3) is 0.833. The van der Waals surface area contributed by atoms with Crippen LogP contribution in [0.4, 0.5) is 0 Å². The highest BCUT2D eigenvalue weighted by Crippen LogP contribution is 2.22. The Hall–Kier alpha value is -0.900. The van der Waals surface area contributed by atoms with E-state index in [0.717, 1.165) is 37.8 Å². The lowest BCUT2D eigenvalue weighted by atomic mass is 9.85. The first-order chi connectivity index (χ1) is 7.81. The summed E-state index contributed by atoms with van der Waals surface area (Å²) in [5, 5.41) is 11.6. The van der Waals surface area contributed by atoms with Gasteiger partial charge in [0.05, 0.1) is 11.9 Å². The van der Waals surface area contributed by atoms with E-state index in [-0.39, 0.29) is 0 Å². The van der Waals surface area contributed by atoms with Gasteiger partial charge in [-0.1, -0.05) is 19.1 Å². The molecular formula is C12H22N4. The highest BCUT2D eigenvalue weighted by Gasteiger charge is 2.22. The largest absolute Gasteiger partial charge is 0.316 e. The molecular weight excluding hydrogens is 200 g/mol. The summed E-state index contributed by atoms with van der Waals surface area (Å²) in [7, 11) is 0. The molecule has 1 fully saturated rings. The Labute approximate surface area is 97.4 Å². The number of hydrogen-bond donors (Lipinski definition) is 1. The van der Waals surface area contributed by atoms with Crippen LogP contribution in [0.5, 0.6) is 0 Å². The Kier molecular flexibility index (Phi) is 3.93. The minimum absolute atomic E-state index is 0.739. The highest BCUT2D eigenvalue weighted by molar-refractivity contribution is 4.97. The van der Waals surface area contributed by atoms with Crippen LogP contribution in [0.2, 0.25) is 0 Å². The van der Waals surface area contributed by atoms with Crippen LogP contribution >= 0.6 is 0 Å². The van der Waals surface area contributed by atoms with Crippen molar-refractivity contribution in [3.63, 3.8) is 0 Å². The third-order valence-corrected chi connectivity index (χ3v) is 3.59. The number of aromatic nitrogens is 3. The number of nitrogens with zero attached hydrogens (tertiary/aromatic N) is 3. The van der Waals surface area contributed by atoms with Gasteiger partial charge in [0, 0.05) is 6.54 Å². The number of piperidine rings is 1. The molecule has 0 aliphatic carbocycles. The second-order valence-corrected chi connectivity index (χ2v) is 4.88. The van der Waals surface area contributed by atoms with Gasteiger partial charge in [0.25, 0.3) is 0 Å². The van der Waals surface area contributed by atoms with Crippen LogP contribution in [0.15, 0.2) is 6.20 Å². The summed E-state index contributed by atoms with van der Waals surface area (Å²) in [4.78, 5) is 0. The fourth-order valence-electron chi connectivity index (χ4n) is 2.43. The summed E-state index contributed by atoms with van der Waals surface area (Å²) in [6.07, 6.45) is 5.45. The van der Waals surface area contributed by atoms with E-state index in [9.17, 15) is 0 Å². The molecule has 4 heteroatoms. The molecule has 0 saturated carbocycles. The fourth-order valence-corrected chi connectivity index (χ4v) is 2.43. The Bertz CT molecular complexity index is 321. The monoisotopic (exact) mass is 222 g/mol. The first-order valence-corrected chi connectivity index (χ1v) is 6.39. The van der Waals surface area contributed by atoms with Gasteiger partial charge in [-0.05, 0) is 44.2 Å². The van der Waals surface area contributed by atoms with Crippen molar-refractivity contribution in [1.29, 1.82) is 0 Å². The van der Waals surface area contributed by atoms with Gasteiger partial charge in [0.2, 0.25) is 0 Å². The van der Waals surface area contributed by atoms with Gasteiger partial charge in [-0.15, -0.1) is 5.10 Å². The topological polar surface area (TPSA) is 42.7 Å². The van der Waals surface area contributed by atoms with E-state index in [1.54, 1.807) is 0 Å². The van der Waals surface area contributed by atoms with Gasteiger partial charge in [-0.3, -0.25) is 0 Å². The molecule has 1 saturated heterocycles. The lowest BCUT2D eigenvalue weighted by Crippen LogP contribution is -2.36. The van der Waals surface area contributed by atoms with Crippen LogP contribution in [0.25, 0.3) is 0 Å². The number of hydrogen-bond acceptors (Lipinski definition) is 3. The molecule has 2 rings (SSSR count). The standard InChI is InChI=1S/C12H22N4/c1-3-6-16-12(9-14-15-16)7-11-8-13-5-4-10(11)2/h9-11,13H,3-8H2,1-2H3. The quantitative estimate of drug-likeness (QED) is 0.839. The van der Waals surface area contributed by atoms with Crippen molar-refractivity contribution in [3.8, 4) is 0 Å². The molecule has 90 valence electrons. The highest BCUT2D eigenvalue weighted by atomic mass is 15.4. The van der Waals surface area contributed by atoms with Crippen LogP contribution in [0.1, 0.15) is 32.4 Å². The summed E-state index contributed by atoms with van der Waals surface area (Å²) in [5.74, 6) is 1.55. The molecule has 1 aromatic rings. The van der Waals surface area contributed by atoms with E-state index in [2.05, 4.69) is 34.2 Å². The average molecular weight is 222 g/mol. The zero-order valence-corrected chi connectivity index (χ0v) is 10.3. The van der Waals surface area contributed by atoms with Crippen molar-refractivity contribution in [1.82, 2.24) is 20.3 Å². The Morgan fingerprint density at radius 2 is 2.44 bits per heavy atom. The van der Waals surface area contributed by atoms with Crippen LogP contribution in [0.3, 0.4) is 0 Å². The molecule has 1 N–H and O–H groups in total. The molecule has 0 amide bonds. The second-order valence-electron chi connectivity index (χ2n) is 4.88. The molecule has 0 aromatic carbocycles. The predicted octanol–water partition coefficient (Wildman–Crippen LogP) is 1.48. The average Bonchev–Trinajstić information content (AvgIpc) is 2.70. The normalized spacial score (nSPS) is 25.9. The molecule has 16 heavy (non-hydrogen) atoms. The molecule has 1 aliphatic rings. The van der Waals surface area contributed by atoms with Crippen LogP contribution < -0.4 is 5.32 Å². The maximum absolute atomic E-state index is 4.14. The third-order valence-electron chi connectivity index (χ3n) is 3.59. The molecule has 0 radical (unpaired) electrons. The van der Waals surface area contributed by atoms with E-state index in [1.165, 1.54) is 18.7 Å². The lowest BCUT2D eigenvalue weighted by molar-refractivity contribution is 0.268. The van der Waals surface area contributed by atoms with E-state index in [0.29, 0.717) is 0 Å². The van der Waals surface area contributed by atoms with Crippen LogP contribution in [0, 0.1) is 11.8 Å². The summed E-state index contributed by atoms with van der Waals surface area (Å²) < 4.78 is 2.06. The first-order valence-electron chi connectivity index (χ1n) is 6.39. The number of aryl methyl sites for hydroxylation is 1. The van der Waals surface area contributed by atoms with Gasteiger partial charge >= 0.3 is 0 Å². The zero-order valence-electron chi connectivity index (χ0n) is 10.3. The minimum Gasteiger partial charge on any atom is -0.316 e. The summed E-state index contributed by atoms with van der Waals surface area (Å²) in [6.45, 7) is 7.84. The molecule has 2 unspecified atom stereocenters. The van der Waals surface area contributed by atoms with Crippen LogP contribution in [-0.2, 0) is 13.0 Å². The molecule has 2 heterocycles. The van der Waals surface area contributed by atoms with Crippen molar-refractivity contribution < 1.29 is 0 Å². The minimum atomic E-state index is 0.739. The molecule has 0 bridgehead atoms. The number of nitrogens with one attached hydrogen (secondary N) is 1. The van der Waals surface area contributed by atoms with E-state index in [4.69, 9.17) is 0 Å². The maximum Gasteiger partial charge on any atom is 0.0725 e. The van der Waals surface area contributed by atoms with Crippen LogP contribution in [-0.4, -0.2) is 28.1 Å². The number of rotatable bonds is 4. The maximum atomic E-state index is 4.14. The zero-order chi connectivity index (χ0) is 11.4. The molecule has 4 nitrogen and oxygen atoms in total. The first kappa shape index (κ1) is 11.6. The summed E-state index contributed by atoms with van der Waals surface area (Å²) >= 11 is 0.